The summed E-state index contributed by atoms with van der Waals surface area (Å²) in [6.07, 6.45) is 2.57. The first kappa shape index (κ1) is 15.2. The summed E-state index contributed by atoms with van der Waals surface area (Å²) >= 11 is 4.26. The molecule has 2 aromatic heterocycles. The number of fused-ring (bicyclic) bond motifs is 1. The van der Waals surface area contributed by atoms with Crippen LogP contribution in [0.15, 0.2) is 6.33 Å². The Balaban J connectivity index is 2.32. The molecular weight excluding hydrogens is 292 g/mol. The van der Waals surface area contributed by atoms with Crippen molar-refractivity contribution in [2.75, 3.05) is 16.8 Å². The first-order valence-corrected chi connectivity index (χ1v) is 8.51. The van der Waals surface area contributed by atoms with Gasteiger partial charge < -0.3 is 16.0 Å². The highest BCUT2D eigenvalue weighted by Crippen LogP contribution is 2.32. The van der Waals surface area contributed by atoms with Crippen molar-refractivity contribution in [3.63, 3.8) is 0 Å². The molecular formula is C12H20N6S2. The summed E-state index contributed by atoms with van der Waals surface area (Å²) < 4.78 is 0. The summed E-state index contributed by atoms with van der Waals surface area (Å²) in [5, 5.41) is 3.46. The SMILES string of the molecule is CC[C@@H](Nc1nc(N)nc2[nH]cnc12)C(C)(C)CSS. The van der Waals surface area contributed by atoms with Crippen molar-refractivity contribution < 1.29 is 0 Å². The summed E-state index contributed by atoms with van der Waals surface area (Å²) in [6, 6.07) is 0.247. The van der Waals surface area contributed by atoms with Crippen LogP contribution < -0.4 is 11.1 Å². The van der Waals surface area contributed by atoms with E-state index in [2.05, 4.69) is 57.7 Å². The van der Waals surface area contributed by atoms with Gasteiger partial charge >= 0.3 is 0 Å². The van der Waals surface area contributed by atoms with Gasteiger partial charge in [0.15, 0.2) is 11.5 Å². The van der Waals surface area contributed by atoms with Crippen LogP contribution in [-0.2, 0) is 0 Å². The number of imidazole rings is 1. The van der Waals surface area contributed by atoms with E-state index in [9.17, 15) is 0 Å². The van der Waals surface area contributed by atoms with Crippen LogP contribution in [0.4, 0.5) is 11.8 Å². The van der Waals surface area contributed by atoms with Crippen molar-refractivity contribution in [1.82, 2.24) is 19.9 Å². The number of hydrogen-bond donors (Lipinski definition) is 4. The Bertz CT molecular complexity index is 582. The minimum atomic E-state index is 0.0729. The molecule has 2 rings (SSSR count). The topological polar surface area (TPSA) is 92.5 Å². The molecule has 0 aliphatic carbocycles. The molecule has 6 nitrogen and oxygen atoms in total. The number of aromatic amines is 1. The largest absolute Gasteiger partial charge is 0.368 e. The minimum Gasteiger partial charge on any atom is -0.368 e. The fourth-order valence-electron chi connectivity index (χ4n) is 2.24. The van der Waals surface area contributed by atoms with Crippen LogP contribution in [0, 0.1) is 5.41 Å². The molecule has 0 aliphatic heterocycles. The number of thiol groups is 1. The van der Waals surface area contributed by atoms with Crippen molar-refractivity contribution in [2.24, 2.45) is 5.41 Å². The van der Waals surface area contributed by atoms with Crippen molar-refractivity contribution in [2.45, 2.75) is 33.2 Å². The molecule has 0 aromatic carbocycles. The van der Waals surface area contributed by atoms with E-state index >= 15 is 0 Å². The van der Waals surface area contributed by atoms with Crippen LogP contribution >= 0.6 is 22.5 Å². The fourth-order valence-corrected chi connectivity index (χ4v) is 3.77. The average molecular weight is 312 g/mol. The van der Waals surface area contributed by atoms with E-state index in [1.807, 2.05) is 0 Å². The molecule has 0 bridgehead atoms. The van der Waals surface area contributed by atoms with Gasteiger partial charge in [-0.25, -0.2) is 4.98 Å². The normalized spacial score (nSPS) is 13.6. The van der Waals surface area contributed by atoms with Gasteiger partial charge in [-0.2, -0.15) is 9.97 Å². The summed E-state index contributed by atoms with van der Waals surface area (Å²) in [6.45, 7) is 6.57. The number of hydrogen-bond acceptors (Lipinski definition) is 7. The van der Waals surface area contributed by atoms with Gasteiger partial charge in [0, 0.05) is 11.8 Å². The van der Waals surface area contributed by atoms with Crippen LogP contribution in [0.25, 0.3) is 11.2 Å². The maximum atomic E-state index is 5.74. The Morgan fingerprint density at radius 2 is 2.25 bits per heavy atom. The zero-order valence-electron chi connectivity index (χ0n) is 11.8. The van der Waals surface area contributed by atoms with Crippen LogP contribution in [0.5, 0.6) is 0 Å². The van der Waals surface area contributed by atoms with E-state index in [4.69, 9.17) is 5.73 Å². The van der Waals surface area contributed by atoms with E-state index in [0.29, 0.717) is 17.0 Å². The number of H-pyrrole nitrogens is 1. The molecule has 0 fully saturated rings. The lowest BCUT2D eigenvalue weighted by Crippen LogP contribution is -2.37. The Morgan fingerprint density at radius 1 is 1.50 bits per heavy atom. The smallest absolute Gasteiger partial charge is 0.224 e. The lowest BCUT2D eigenvalue weighted by Gasteiger charge is -2.34. The molecule has 0 saturated carbocycles. The monoisotopic (exact) mass is 312 g/mol. The average Bonchev–Trinajstić information content (AvgIpc) is 2.83. The standard InChI is InChI=1S/C12H20N6S2/c1-4-7(12(2,3)5-20-19)16-10-8-9(15-6-14-8)17-11(13)18-10/h6-7,19H,4-5H2,1-3H3,(H4,13,14,15,16,17,18)/t7-/m1/s1. The van der Waals surface area contributed by atoms with Crippen LogP contribution in [-0.4, -0.2) is 31.7 Å². The molecule has 0 aliphatic rings. The molecule has 1 atom stereocenters. The third-order valence-corrected chi connectivity index (χ3v) is 4.66. The Labute approximate surface area is 127 Å². The predicted molar refractivity (Wildman–Crippen MR) is 89.0 cm³/mol. The van der Waals surface area contributed by atoms with E-state index in [1.54, 1.807) is 17.1 Å². The van der Waals surface area contributed by atoms with Crippen LogP contribution in [0.2, 0.25) is 0 Å². The number of anilines is 2. The molecule has 20 heavy (non-hydrogen) atoms. The lowest BCUT2D eigenvalue weighted by atomic mass is 9.85. The van der Waals surface area contributed by atoms with Gasteiger partial charge in [-0.05, 0) is 11.8 Å². The molecule has 4 N–H and O–H groups in total. The molecule has 0 saturated heterocycles. The number of nitrogens with one attached hydrogen (secondary N) is 2. The third-order valence-electron chi connectivity index (χ3n) is 3.40. The van der Waals surface area contributed by atoms with Crippen molar-refractivity contribution in [1.29, 1.82) is 0 Å². The van der Waals surface area contributed by atoms with Gasteiger partial charge in [-0.15, -0.1) is 11.7 Å². The van der Waals surface area contributed by atoms with Crippen molar-refractivity contribution >= 4 is 45.4 Å². The fraction of sp³-hybridized carbons (Fsp3) is 0.583. The number of nitrogens with zero attached hydrogens (tertiary/aromatic N) is 3. The Kier molecular flexibility index (Phi) is 4.64. The van der Waals surface area contributed by atoms with Gasteiger partial charge in [0.1, 0.15) is 5.52 Å². The van der Waals surface area contributed by atoms with Crippen molar-refractivity contribution in [3.8, 4) is 0 Å². The quantitative estimate of drug-likeness (QED) is 0.484. The molecule has 0 amide bonds. The van der Waals surface area contributed by atoms with Crippen LogP contribution in [0.3, 0.4) is 0 Å². The first-order chi connectivity index (χ1) is 9.47. The second-order valence-electron chi connectivity index (χ2n) is 5.40. The molecule has 0 radical (unpaired) electrons. The molecule has 110 valence electrons. The zero-order valence-corrected chi connectivity index (χ0v) is 13.6. The second kappa shape index (κ2) is 6.09. The summed E-state index contributed by atoms with van der Waals surface area (Å²) in [5.41, 5.74) is 7.18. The summed E-state index contributed by atoms with van der Waals surface area (Å²) in [5.74, 6) is 1.85. The van der Waals surface area contributed by atoms with E-state index in [0.717, 1.165) is 12.2 Å². The summed E-state index contributed by atoms with van der Waals surface area (Å²) in [7, 11) is 1.55. The van der Waals surface area contributed by atoms with Gasteiger partial charge in [0.05, 0.1) is 6.33 Å². The molecule has 0 unspecified atom stereocenters. The maximum Gasteiger partial charge on any atom is 0.224 e. The van der Waals surface area contributed by atoms with Gasteiger partial charge in [-0.3, -0.25) is 0 Å². The summed E-state index contributed by atoms with van der Waals surface area (Å²) in [4.78, 5) is 15.6. The molecule has 2 aromatic rings. The molecule has 0 spiro atoms. The van der Waals surface area contributed by atoms with Gasteiger partial charge in [0.25, 0.3) is 0 Å². The highest BCUT2D eigenvalue weighted by atomic mass is 33.1. The Morgan fingerprint density at radius 3 is 2.90 bits per heavy atom. The number of nitrogen functional groups attached to an aromatic ring is 1. The zero-order chi connectivity index (χ0) is 14.8. The van der Waals surface area contributed by atoms with E-state index < -0.39 is 0 Å². The molecule has 8 heteroatoms. The predicted octanol–water partition coefficient (Wildman–Crippen LogP) is 2.73. The van der Waals surface area contributed by atoms with Crippen molar-refractivity contribution in [3.05, 3.63) is 6.33 Å². The van der Waals surface area contributed by atoms with E-state index in [-0.39, 0.29) is 17.4 Å². The molecule has 2 heterocycles. The number of aromatic nitrogens is 4. The third kappa shape index (κ3) is 3.12. The highest BCUT2D eigenvalue weighted by Gasteiger charge is 2.29. The highest BCUT2D eigenvalue weighted by molar-refractivity contribution is 8.68. The van der Waals surface area contributed by atoms with Crippen LogP contribution in [0.1, 0.15) is 27.2 Å². The maximum absolute atomic E-state index is 5.74. The minimum absolute atomic E-state index is 0.0729. The lowest BCUT2D eigenvalue weighted by molar-refractivity contribution is 0.342. The second-order valence-corrected chi connectivity index (χ2v) is 6.72. The van der Waals surface area contributed by atoms with Gasteiger partial charge in [0.2, 0.25) is 5.95 Å². The van der Waals surface area contributed by atoms with Gasteiger partial charge in [-0.1, -0.05) is 31.6 Å². The number of nitrogens with two attached hydrogens (primary N) is 1. The first-order valence-electron chi connectivity index (χ1n) is 6.47. The Hall–Kier alpha value is -1.15. The number of rotatable bonds is 6. The van der Waals surface area contributed by atoms with E-state index in [1.165, 1.54) is 0 Å².